The summed E-state index contributed by atoms with van der Waals surface area (Å²) >= 11 is 0.920. The highest BCUT2D eigenvalue weighted by Crippen LogP contribution is 2.32. The lowest BCUT2D eigenvalue weighted by molar-refractivity contribution is -0.137. The van der Waals surface area contributed by atoms with E-state index >= 15 is 0 Å². The van der Waals surface area contributed by atoms with Gasteiger partial charge in [-0.05, 0) is 48.2 Å². The number of aromatic carboxylic acids is 1. The molecule has 14 heteroatoms. The number of rotatable bonds is 8. The van der Waals surface area contributed by atoms with Gasteiger partial charge in [-0.3, -0.25) is 4.79 Å². The minimum atomic E-state index is -4.63. The van der Waals surface area contributed by atoms with Crippen LogP contribution in [0.1, 0.15) is 51.8 Å². The summed E-state index contributed by atoms with van der Waals surface area (Å²) in [6, 6.07) is 9.48. The van der Waals surface area contributed by atoms with Gasteiger partial charge in [-0.2, -0.15) is 17.5 Å². The standard InChI is InChI=1S/C27H29F3N4O5S2/c1-16(2)19-6-4-18(5-7-19)14-31-24(35)22-15-33(26-32-17(3)23(40-26)25(36)37)12-13-34(22)41(38,39)21-10-8-20(9-11-21)27(28,29)30/h4-11,16,22H,12-15H2,1-3H3,(H,31,35)(H,36,37)/t22-/m1/s1. The molecule has 2 heterocycles. The summed E-state index contributed by atoms with van der Waals surface area (Å²) in [5.41, 5.74) is 1.22. The summed E-state index contributed by atoms with van der Waals surface area (Å²) in [5.74, 6) is -1.43. The van der Waals surface area contributed by atoms with Crippen LogP contribution in [-0.2, 0) is 27.5 Å². The Balaban J connectivity index is 1.61. The van der Waals surface area contributed by atoms with Crippen LogP contribution in [0, 0.1) is 6.92 Å². The van der Waals surface area contributed by atoms with Crippen LogP contribution in [0.3, 0.4) is 0 Å². The fraction of sp³-hybridized carbons (Fsp3) is 0.370. The number of halogens is 3. The molecule has 0 spiro atoms. The molecule has 0 radical (unpaired) electrons. The molecule has 1 aliphatic rings. The molecule has 1 aliphatic heterocycles. The quantitative estimate of drug-likeness (QED) is 0.386. The number of piperazine rings is 1. The van der Waals surface area contributed by atoms with E-state index in [2.05, 4.69) is 24.1 Å². The Hall–Kier alpha value is -3.49. The normalized spacial score (nSPS) is 16.7. The number of nitrogens with one attached hydrogen (secondary N) is 1. The van der Waals surface area contributed by atoms with Crippen LogP contribution in [0.2, 0.25) is 0 Å². The molecule has 1 aromatic heterocycles. The highest BCUT2D eigenvalue weighted by atomic mass is 32.2. The molecule has 1 amide bonds. The topological polar surface area (TPSA) is 120 Å². The third-order valence-electron chi connectivity index (χ3n) is 6.79. The van der Waals surface area contributed by atoms with E-state index in [1.165, 1.54) is 0 Å². The second kappa shape index (κ2) is 11.8. The van der Waals surface area contributed by atoms with E-state index in [0.717, 1.165) is 38.9 Å². The van der Waals surface area contributed by atoms with Crippen LogP contribution in [0.4, 0.5) is 18.3 Å². The predicted octanol–water partition coefficient (Wildman–Crippen LogP) is 4.49. The number of alkyl halides is 3. The SMILES string of the molecule is Cc1nc(N2CCN(S(=O)(=O)c3ccc(C(F)(F)F)cc3)[C@@H](C(=O)NCc3ccc(C(C)C)cc3)C2)sc1C(=O)O. The van der Waals surface area contributed by atoms with Gasteiger partial charge >= 0.3 is 12.1 Å². The molecule has 1 atom stereocenters. The van der Waals surface area contributed by atoms with Crippen LogP contribution in [-0.4, -0.2) is 60.4 Å². The van der Waals surface area contributed by atoms with Gasteiger partial charge in [0.05, 0.1) is 16.2 Å². The van der Waals surface area contributed by atoms with Crippen molar-refractivity contribution in [3.63, 3.8) is 0 Å². The number of sulfonamides is 1. The molecule has 2 aromatic carbocycles. The average Bonchev–Trinajstić information content (AvgIpc) is 3.33. The Kier molecular flexibility index (Phi) is 8.76. The average molecular weight is 611 g/mol. The largest absolute Gasteiger partial charge is 0.477 e. The van der Waals surface area contributed by atoms with Crippen molar-refractivity contribution in [3.8, 4) is 0 Å². The monoisotopic (exact) mass is 610 g/mol. The fourth-order valence-electron chi connectivity index (χ4n) is 4.44. The molecule has 4 rings (SSSR count). The van der Waals surface area contributed by atoms with E-state index in [9.17, 15) is 36.3 Å². The van der Waals surface area contributed by atoms with Crippen LogP contribution in [0.25, 0.3) is 0 Å². The molecule has 1 fully saturated rings. The Labute approximate surface area is 239 Å². The number of carboxylic acids is 1. The van der Waals surface area contributed by atoms with Crippen molar-refractivity contribution in [1.29, 1.82) is 0 Å². The molecular weight excluding hydrogens is 581 g/mol. The van der Waals surface area contributed by atoms with Crippen LogP contribution < -0.4 is 10.2 Å². The number of carboxylic acid groups (broad SMARTS) is 1. The van der Waals surface area contributed by atoms with Gasteiger partial charge in [0.2, 0.25) is 15.9 Å². The fourth-order valence-corrected chi connectivity index (χ4v) is 6.95. The molecule has 0 bridgehead atoms. The highest BCUT2D eigenvalue weighted by molar-refractivity contribution is 7.89. The molecule has 0 aliphatic carbocycles. The minimum absolute atomic E-state index is 0.0330. The van der Waals surface area contributed by atoms with Gasteiger partial charge in [0.25, 0.3) is 0 Å². The van der Waals surface area contributed by atoms with Gasteiger partial charge in [-0.1, -0.05) is 49.4 Å². The van der Waals surface area contributed by atoms with Gasteiger partial charge in [0, 0.05) is 26.2 Å². The maximum absolute atomic E-state index is 13.6. The van der Waals surface area contributed by atoms with Crippen LogP contribution in [0.5, 0.6) is 0 Å². The predicted molar refractivity (Wildman–Crippen MR) is 148 cm³/mol. The molecule has 3 aromatic rings. The zero-order valence-corrected chi connectivity index (χ0v) is 24.1. The van der Waals surface area contributed by atoms with E-state index in [4.69, 9.17) is 0 Å². The minimum Gasteiger partial charge on any atom is -0.477 e. The first-order valence-electron chi connectivity index (χ1n) is 12.7. The van der Waals surface area contributed by atoms with Crippen molar-refractivity contribution in [2.45, 2.75) is 50.3 Å². The Morgan fingerprint density at radius 2 is 1.73 bits per heavy atom. The number of benzene rings is 2. The number of nitrogens with zero attached hydrogens (tertiary/aromatic N) is 3. The summed E-state index contributed by atoms with van der Waals surface area (Å²) in [6.45, 7) is 5.56. The Morgan fingerprint density at radius 1 is 1.10 bits per heavy atom. The smallest absolute Gasteiger partial charge is 0.416 e. The Morgan fingerprint density at radius 3 is 2.27 bits per heavy atom. The van der Waals surface area contributed by atoms with Crippen molar-refractivity contribution in [1.82, 2.24) is 14.6 Å². The Bertz CT molecular complexity index is 1520. The molecule has 0 saturated carbocycles. The van der Waals surface area contributed by atoms with Crippen molar-refractivity contribution in [2.24, 2.45) is 0 Å². The second-order valence-corrected chi connectivity index (χ2v) is 12.8. The number of carbonyl (C=O) groups is 2. The van der Waals surface area contributed by atoms with Gasteiger partial charge in [-0.15, -0.1) is 0 Å². The number of thiazole rings is 1. The summed E-state index contributed by atoms with van der Waals surface area (Å²) in [5, 5.41) is 12.5. The van der Waals surface area contributed by atoms with Gasteiger partial charge in [0.1, 0.15) is 10.9 Å². The first-order valence-corrected chi connectivity index (χ1v) is 15.0. The number of aromatic nitrogens is 1. The number of anilines is 1. The second-order valence-electron chi connectivity index (χ2n) is 9.93. The van der Waals surface area contributed by atoms with E-state index in [-0.39, 0.29) is 36.0 Å². The van der Waals surface area contributed by atoms with Crippen LogP contribution in [0.15, 0.2) is 53.4 Å². The zero-order valence-electron chi connectivity index (χ0n) is 22.5. The summed E-state index contributed by atoms with van der Waals surface area (Å²) in [6.07, 6.45) is -4.63. The molecule has 220 valence electrons. The van der Waals surface area contributed by atoms with Crippen molar-refractivity contribution < 1.29 is 36.3 Å². The van der Waals surface area contributed by atoms with Gasteiger partial charge in [-0.25, -0.2) is 18.2 Å². The van der Waals surface area contributed by atoms with Gasteiger partial charge in [0.15, 0.2) is 5.13 Å². The first kappa shape index (κ1) is 30.5. The molecular formula is C27H29F3N4O5S2. The first-order chi connectivity index (χ1) is 19.2. The lowest BCUT2D eigenvalue weighted by Crippen LogP contribution is -2.60. The third kappa shape index (κ3) is 6.71. The maximum Gasteiger partial charge on any atom is 0.416 e. The molecule has 2 N–H and O–H groups in total. The number of hydrogen-bond donors (Lipinski definition) is 2. The van der Waals surface area contributed by atoms with E-state index in [1.54, 1.807) is 11.8 Å². The number of aryl methyl sites for hydroxylation is 1. The maximum atomic E-state index is 13.6. The molecule has 1 saturated heterocycles. The number of carbonyl (C=O) groups excluding carboxylic acids is 1. The molecule has 0 unspecified atom stereocenters. The van der Waals surface area contributed by atoms with Crippen LogP contribution >= 0.6 is 11.3 Å². The van der Waals surface area contributed by atoms with E-state index < -0.39 is 39.7 Å². The summed E-state index contributed by atoms with van der Waals surface area (Å²) < 4.78 is 67.3. The van der Waals surface area contributed by atoms with Crippen molar-refractivity contribution in [3.05, 3.63) is 75.8 Å². The summed E-state index contributed by atoms with van der Waals surface area (Å²) in [7, 11) is -4.37. The lowest BCUT2D eigenvalue weighted by atomic mass is 10.0. The van der Waals surface area contributed by atoms with Crippen molar-refractivity contribution >= 4 is 38.4 Å². The van der Waals surface area contributed by atoms with Crippen molar-refractivity contribution in [2.75, 3.05) is 24.5 Å². The van der Waals surface area contributed by atoms with E-state index in [1.807, 2.05) is 24.3 Å². The molecule has 9 nitrogen and oxygen atoms in total. The molecule has 41 heavy (non-hydrogen) atoms. The number of amides is 1. The third-order valence-corrected chi connectivity index (χ3v) is 9.91. The lowest BCUT2D eigenvalue weighted by Gasteiger charge is -2.39. The van der Waals surface area contributed by atoms with Gasteiger partial charge < -0.3 is 15.3 Å². The zero-order chi connectivity index (χ0) is 30.1. The van der Waals surface area contributed by atoms with E-state index in [0.29, 0.717) is 28.9 Å². The number of hydrogen-bond acceptors (Lipinski definition) is 7. The summed E-state index contributed by atoms with van der Waals surface area (Å²) in [4.78, 5) is 30.6. The highest BCUT2D eigenvalue weighted by Gasteiger charge is 2.41.